The summed E-state index contributed by atoms with van der Waals surface area (Å²) in [6.07, 6.45) is 7.41. The molecule has 0 aliphatic heterocycles. The van der Waals surface area contributed by atoms with Gasteiger partial charge in [-0.05, 0) is 42.7 Å². The molecule has 3 rings (SSSR count). The Morgan fingerprint density at radius 1 is 1.14 bits per heavy atom. The van der Waals surface area contributed by atoms with Crippen LogP contribution in [0.2, 0.25) is 0 Å². The summed E-state index contributed by atoms with van der Waals surface area (Å²) in [5.74, 6) is 0.404. The molecule has 2 aliphatic carbocycles. The number of benzene rings is 1. The van der Waals surface area contributed by atoms with E-state index in [4.69, 9.17) is 0 Å². The largest absolute Gasteiger partial charge is 0.340 e. The average Bonchev–Trinajstić information content (AvgIpc) is 2.97. The number of carbonyl (C=O) groups is 1. The molecule has 0 heterocycles. The van der Waals surface area contributed by atoms with Gasteiger partial charge in [0.1, 0.15) is 6.04 Å². The summed E-state index contributed by atoms with van der Waals surface area (Å²) < 4.78 is 0. The van der Waals surface area contributed by atoms with E-state index in [1.165, 1.54) is 30.4 Å². The molecule has 3 heteroatoms. The van der Waals surface area contributed by atoms with Gasteiger partial charge in [-0.2, -0.15) is 5.26 Å². The van der Waals surface area contributed by atoms with Crippen LogP contribution in [-0.4, -0.2) is 11.9 Å². The van der Waals surface area contributed by atoms with Crippen molar-refractivity contribution in [3.8, 4) is 6.07 Å². The molecule has 1 aromatic carbocycles. The van der Waals surface area contributed by atoms with Crippen molar-refractivity contribution in [2.24, 2.45) is 11.8 Å². The highest BCUT2D eigenvalue weighted by atomic mass is 16.1. The van der Waals surface area contributed by atoms with E-state index in [9.17, 15) is 10.1 Å². The molecule has 0 saturated heterocycles. The highest BCUT2D eigenvalue weighted by molar-refractivity contribution is 5.81. The van der Waals surface area contributed by atoms with E-state index in [2.05, 4.69) is 23.5 Å². The predicted molar refractivity (Wildman–Crippen MR) is 81.5 cm³/mol. The van der Waals surface area contributed by atoms with Gasteiger partial charge in [0, 0.05) is 5.92 Å². The van der Waals surface area contributed by atoms with E-state index < -0.39 is 0 Å². The van der Waals surface area contributed by atoms with Gasteiger partial charge in [-0.25, -0.2) is 0 Å². The third-order valence-corrected chi connectivity index (χ3v) is 4.98. The zero-order valence-electron chi connectivity index (χ0n) is 12.3. The Morgan fingerprint density at radius 2 is 1.76 bits per heavy atom. The van der Waals surface area contributed by atoms with Crippen molar-refractivity contribution in [3.63, 3.8) is 0 Å². The normalized spacial score (nSPS) is 20.5. The smallest absolute Gasteiger partial charge is 0.224 e. The molecule has 0 radical (unpaired) electrons. The van der Waals surface area contributed by atoms with Crippen molar-refractivity contribution in [2.75, 3.05) is 0 Å². The molecule has 1 fully saturated rings. The van der Waals surface area contributed by atoms with Crippen LogP contribution in [0, 0.1) is 23.2 Å². The fourth-order valence-electron chi connectivity index (χ4n) is 3.74. The van der Waals surface area contributed by atoms with Crippen LogP contribution in [0.15, 0.2) is 24.3 Å². The molecule has 1 N–H and O–H groups in total. The first-order valence-corrected chi connectivity index (χ1v) is 8.04. The lowest BCUT2D eigenvalue weighted by molar-refractivity contribution is -0.125. The number of nitrogens with one attached hydrogen (secondary N) is 1. The monoisotopic (exact) mass is 282 g/mol. The van der Waals surface area contributed by atoms with Gasteiger partial charge in [0.15, 0.2) is 0 Å². The summed E-state index contributed by atoms with van der Waals surface area (Å²) in [5.41, 5.74) is 2.56. The van der Waals surface area contributed by atoms with Crippen LogP contribution in [0.25, 0.3) is 0 Å². The molecule has 21 heavy (non-hydrogen) atoms. The van der Waals surface area contributed by atoms with Crippen LogP contribution < -0.4 is 5.32 Å². The molecule has 1 unspecified atom stereocenters. The molecule has 1 saturated carbocycles. The fourth-order valence-corrected chi connectivity index (χ4v) is 3.74. The van der Waals surface area contributed by atoms with E-state index >= 15 is 0 Å². The SMILES string of the molecule is N#CC(NC(=O)C1Cc2ccccc2C1)C1CCCCC1. The van der Waals surface area contributed by atoms with Gasteiger partial charge in [-0.15, -0.1) is 0 Å². The molecule has 1 amide bonds. The van der Waals surface area contributed by atoms with Crippen LogP contribution in [0.1, 0.15) is 43.2 Å². The van der Waals surface area contributed by atoms with Crippen molar-refractivity contribution in [2.45, 2.75) is 51.0 Å². The van der Waals surface area contributed by atoms with E-state index in [0.29, 0.717) is 5.92 Å². The number of hydrogen-bond acceptors (Lipinski definition) is 2. The first kappa shape index (κ1) is 14.1. The summed E-state index contributed by atoms with van der Waals surface area (Å²) in [4.78, 5) is 12.5. The van der Waals surface area contributed by atoms with Gasteiger partial charge in [0.25, 0.3) is 0 Å². The zero-order chi connectivity index (χ0) is 14.7. The summed E-state index contributed by atoms with van der Waals surface area (Å²) in [7, 11) is 0. The van der Waals surface area contributed by atoms with Crippen molar-refractivity contribution >= 4 is 5.91 Å². The van der Waals surface area contributed by atoms with Crippen LogP contribution in [-0.2, 0) is 17.6 Å². The molecule has 1 atom stereocenters. The maximum atomic E-state index is 12.5. The Balaban J connectivity index is 1.60. The first-order valence-electron chi connectivity index (χ1n) is 8.04. The summed E-state index contributed by atoms with van der Waals surface area (Å²) in [5, 5.41) is 12.4. The van der Waals surface area contributed by atoms with E-state index in [1.807, 2.05) is 12.1 Å². The van der Waals surface area contributed by atoms with Crippen LogP contribution >= 0.6 is 0 Å². The maximum absolute atomic E-state index is 12.5. The molecule has 2 aliphatic rings. The second kappa shape index (κ2) is 6.30. The van der Waals surface area contributed by atoms with E-state index in [0.717, 1.165) is 25.7 Å². The van der Waals surface area contributed by atoms with Crippen LogP contribution in [0.5, 0.6) is 0 Å². The van der Waals surface area contributed by atoms with Gasteiger partial charge in [-0.3, -0.25) is 4.79 Å². The Morgan fingerprint density at radius 3 is 2.33 bits per heavy atom. The Kier molecular flexibility index (Phi) is 4.24. The first-order chi connectivity index (χ1) is 10.3. The quantitative estimate of drug-likeness (QED) is 0.926. The number of hydrogen-bond donors (Lipinski definition) is 1. The van der Waals surface area contributed by atoms with Crippen molar-refractivity contribution in [3.05, 3.63) is 35.4 Å². The molecule has 3 nitrogen and oxygen atoms in total. The Hall–Kier alpha value is -1.82. The maximum Gasteiger partial charge on any atom is 0.224 e. The lowest BCUT2D eigenvalue weighted by atomic mass is 9.84. The average molecular weight is 282 g/mol. The van der Waals surface area contributed by atoms with Crippen LogP contribution in [0.3, 0.4) is 0 Å². The van der Waals surface area contributed by atoms with Crippen molar-refractivity contribution < 1.29 is 4.79 Å². The number of nitriles is 1. The Bertz CT molecular complexity index is 530. The third kappa shape index (κ3) is 3.10. The summed E-state index contributed by atoms with van der Waals surface area (Å²) >= 11 is 0. The molecular weight excluding hydrogens is 260 g/mol. The topological polar surface area (TPSA) is 52.9 Å². The van der Waals surface area contributed by atoms with Gasteiger partial charge in [0.05, 0.1) is 6.07 Å². The van der Waals surface area contributed by atoms with E-state index in [-0.39, 0.29) is 17.9 Å². The molecule has 110 valence electrons. The third-order valence-electron chi connectivity index (χ3n) is 4.98. The standard InChI is InChI=1S/C18H22N2O/c19-12-17(13-6-2-1-3-7-13)20-18(21)16-10-14-8-4-5-9-15(14)11-16/h4-5,8-9,13,16-17H,1-3,6-7,10-11H2,(H,20,21). The number of rotatable bonds is 3. The zero-order valence-corrected chi connectivity index (χ0v) is 12.3. The minimum absolute atomic E-state index is 0.00170. The van der Waals surface area contributed by atoms with Gasteiger partial charge in [-0.1, -0.05) is 43.5 Å². The van der Waals surface area contributed by atoms with Crippen LogP contribution in [0.4, 0.5) is 0 Å². The highest BCUT2D eigenvalue weighted by Gasteiger charge is 2.31. The molecule has 0 bridgehead atoms. The number of nitrogens with zero attached hydrogens (tertiary/aromatic N) is 1. The number of fused-ring (bicyclic) bond motifs is 1. The van der Waals surface area contributed by atoms with Gasteiger partial charge in [0.2, 0.25) is 5.91 Å². The fraction of sp³-hybridized carbons (Fsp3) is 0.556. The predicted octanol–water partition coefficient (Wildman–Crippen LogP) is 2.99. The lowest BCUT2D eigenvalue weighted by Crippen LogP contribution is -2.43. The molecular formula is C18H22N2O. The summed E-state index contributed by atoms with van der Waals surface area (Å²) in [6.45, 7) is 0. The van der Waals surface area contributed by atoms with Gasteiger partial charge >= 0.3 is 0 Å². The minimum Gasteiger partial charge on any atom is -0.340 e. The molecule has 1 aromatic rings. The minimum atomic E-state index is -0.304. The number of amides is 1. The number of carbonyl (C=O) groups excluding carboxylic acids is 1. The molecule has 0 aromatic heterocycles. The van der Waals surface area contributed by atoms with Gasteiger partial charge < -0.3 is 5.32 Å². The molecule has 0 spiro atoms. The summed E-state index contributed by atoms with van der Waals surface area (Å²) in [6, 6.07) is 10.3. The Labute approximate surface area is 126 Å². The second-order valence-electron chi connectivity index (χ2n) is 6.39. The second-order valence-corrected chi connectivity index (χ2v) is 6.39. The highest BCUT2D eigenvalue weighted by Crippen LogP contribution is 2.29. The van der Waals surface area contributed by atoms with E-state index in [1.54, 1.807) is 0 Å². The van der Waals surface area contributed by atoms with Crippen molar-refractivity contribution in [1.29, 1.82) is 5.26 Å². The van der Waals surface area contributed by atoms with Crippen molar-refractivity contribution in [1.82, 2.24) is 5.32 Å². The lowest BCUT2D eigenvalue weighted by Gasteiger charge is -2.27.